The molecule has 0 fully saturated rings. The summed E-state index contributed by atoms with van der Waals surface area (Å²) in [6.45, 7) is 7.35. The van der Waals surface area contributed by atoms with Crippen LogP contribution >= 0.6 is 12.4 Å². The van der Waals surface area contributed by atoms with Crippen molar-refractivity contribution in [3.05, 3.63) is 18.0 Å². The minimum atomic E-state index is -0.202. The van der Waals surface area contributed by atoms with Crippen LogP contribution in [0.1, 0.15) is 19.5 Å². The van der Waals surface area contributed by atoms with Gasteiger partial charge in [0.2, 0.25) is 0 Å². The third-order valence-corrected chi connectivity index (χ3v) is 2.55. The number of nitrogens with zero attached hydrogens (tertiary/aromatic N) is 3. The van der Waals surface area contributed by atoms with Crippen molar-refractivity contribution < 1.29 is 4.74 Å². The summed E-state index contributed by atoms with van der Waals surface area (Å²) in [6.07, 6.45) is 1.82. The molecule has 0 bridgehead atoms. The molecule has 5 nitrogen and oxygen atoms in total. The number of hydrogen-bond donors (Lipinski definition) is 1. The Morgan fingerprint density at radius 3 is 2.61 bits per heavy atom. The molecule has 0 spiro atoms. The molecule has 0 aliphatic carbocycles. The third-order valence-electron chi connectivity index (χ3n) is 2.55. The standard InChI is InChI=1S/C12H24N4O.ClH/c1-12(2,13)10-16(7-8-17-4)9-11-5-6-14-15(11)3;/h5-6H,7-10,13H2,1-4H3;1H. The van der Waals surface area contributed by atoms with Crippen molar-refractivity contribution in [2.24, 2.45) is 12.8 Å². The van der Waals surface area contributed by atoms with Crippen LogP contribution in [0.2, 0.25) is 0 Å². The zero-order valence-corrected chi connectivity index (χ0v) is 12.5. The van der Waals surface area contributed by atoms with Crippen LogP contribution in [0.4, 0.5) is 0 Å². The van der Waals surface area contributed by atoms with E-state index in [1.165, 1.54) is 5.69 Å². The average molecular weight is 277 g/mol. The van der Waals surface area contributed by atoms with Gasteiger partial charge in [0.15, 0.2) is 0 Å². The number of halogens is 1. The summed E-state index contributed by atoms with van der Waals surface area (Å²) in [5.74, 6) is 0. The van der Waals surface area contributed by atoms with Crippen molar-refractivity contribution >= 4 is 12.4 Å². The van der Waals surface area contributed by atoms with Crippen molar-refractivity contribution in [2.45, 2.75) is 25.9 Å². The van der Waals surface area contributed by atoms with E-state index in [-0.39, 0.29) is 17.9 Å². The zero-order valence-electron chi connectivity index (χ0n) is 11.7. The molecular weight excluding hydrogens is 252 g/mol. The van der Waals surface area contributed by atoms with Gasteiger partial charge in [0.1, 0.15) is 0 Å². The van der Waals surface area contributed by atoms with Crippen molar-refractivity contribution in [1.82, 2.24) is 14.7 Å². The lowest BCUT2D eigenvalue weighted by Gasteiger charge is -2.29. The predicted octanol–water partition coefficient (Wildman–Crippen LogP) is 1.03. The molecule has 6 heteroatoms. The molecule has 0 radical (unpaired) electrons. The molecule has 1 aromatic heterocycles. The fourth-order valence-electron chi connectivity index (χ4n) is 1.80. The van der Waals surface area contributed by atoms with E-state index in [0.29, 0.717) is 6.61 Å². The molecular formula is C12H25ClN4O. The molecule has 2 N–H and O–H groups in total. The highest BCUT2D eigenvalue weighted by Gasteiger charge is 2.17. The Kier molecular flexibility index (Phi) is 7.47. The molecule has 0 saturated heterocycles. The lowest BCUT2D eigenvalue weighted by Crippen LogP contribution is -2.46. The molecule has 0 aliphatic heterocycles. The monoisotopic (exact) mass is 276 g/mol. The van der Waals surface area contributed by atoms with Crippen LogP contribution in [-0.2, 0) is 18.3 Å². The number of aromatic nitrogens is 2. The van der Waals surface area contributed by atoms with E-state index in [9.17, 15) is 0 Å². The summed E-state index contributed by atoms with van der Waals surface area (Å²) in [5, 5.41) is 4.17. The largest absolute Gasteiger partial charge is 0.383 e. The fourth-order valence-corrected chi connectivity index (χ4v) is 1.80. The Morgan fingerprint density at radius 1 is 1.50 bits per heavy atom. The molecule has 0 saturated carbocycles. The molecule has 18 heavy (non-hydrogen) atoms. The number of nitrogens with two attached hydrogens (primary N) is 1. The van der Waals surface area contributed by atoms with Gasteiger partial charge >= 0.3 is 0 Å². The summed E-state index contributed by atoms with van der Waals surface area (Å²) < 4.78 is 7.02. The molecule has 1 heterocycles. The van der Waals surface area contributed by atoms with Crippen LogP contribution in [0.5, 0.6) is 0 Å². The van der Waals surface area contributed by atoms with Gasteiger partial charge < -0.3 is 10.5 Å². The Hall–Kier alpha value is -0.620. The van der Waals surface area contributed by atoms with Crippen LogP contribution < -0.4 is 5.73 Å². The van der Waals surface area contributed by atoms with Crippen LogP contribution in [0.3, 0.4) is 0 Å². The first-order valence-electron chi connectivity index (χ1n) is 5.89. The maximum atomic E-state index is 6.07. The lowest BCUT2D eigenvalue weighted by atomic mass is 10.1. The van der Waals surface area contributed by atoms with Crippen molar-refractivity contribution in [3.8, 4) is 0 Å². The van der Waals surface area contributed by atoms with Gasteiger partial charge in [0.25, 0.3) is 0 Å². The average Bonchev–Trinajstić information content (AvgIpc) is 2.59. The number of rotatable bonds is 7. The predicted molar refractivity (Wildman–Crippen MR) is 75.9 cm³/mol. The highest BCUT2D eigenvalue weighted by atomic mass is 35.5. The highest BCUT2D eigenvalue weighted by Crippen LogP contribution is 2.07. The van der Waals surface area contributed by atoms with Gasteiger partial charge in [-0.15, -0.1) is 12.4 Å². The van der Waals surface area contributed by atoms with E-state index < -0.39 is 0 Å². The molecule has 0 atom stereocenters. The van der Waals surface area contributed by atoms with Crippen LogP contribution in [0, 0.1) is 0 Å². The number of ether oxygens (including phenoxy) is 1. The van der Waals surface area contributed by atoms with Crippen LogP contribution in [0.15, 0.2) is 12.3 Å². The molecule has 0 amide bonds. The molecule has 1 rings (SSSR count). The van der Waals surface area contributed by atoms with E-state index in [2.05, 4.69) is 10.00 Å². The van der Waals surface area contributed by atoms with Gasteiger partial charge in [-0.05, 0) is 19.9 Å². The van der Waals surface area contributed by atoms with Crippen molar-refractivity contribution in [1.29, 1.82) is 0 Å². The maximum Gasteiger partial charge on any atom is 0.0589 e. The van der Waals surface area contributed by atoms with Gasteiger partial charge in [-0.2, -0.15) is 5.10 Å². The third kappa shape index (κ3) is 6.35. The van der Waals surface area contributed by atoms with E-state index in [0.717, 1.165) is 19.6 Å². The maximum absolute atomic E-state index is 6.07. The van der Waals surface area contributed by atoms with Crippen LogP contribution in [-0.4, -0.2) is 47.0 Å². The normalized spacial score (nSPS) is 11.7. The van der Waals surface area contributed by atoms with Gasteiger partial charge in [-0.25, -0.2) is 0 Å². The Bertz CT molecular complexity index is 335. The van der Waals surface area contributed by atoms with E-state index >= 15 is 0 Å². The van der Waals surface area contributed by atoms with E-state index in [1.54, 1.807) is 7.11 Å². The Labute approximate surface area is 116 Å². The second-order valence-corrected chi connectivity index (χ2v) is 5.14. The first-order valence-corrected chi connectivity index (χ1v) is 5.89. The Morgan fingerprint density at radius 2 is 2.17 bits per heavy atom. The van der Waals surface area contributed by atoms with Gasteiger partial charge in [-0.1, -0.05) is 0 Å². The van der Waals surface area contributed by atoms with Crippen molar-refractivity contribution in [3.63, 3.8) is 0 Å². The summed E-state index contributed by atoms with van der Waals surface area (Å²) in [6, 6.07) is 2.03. The van der Waals surface area contributed by atoms with Gasteiger partial charge in [0.05, 0.1) is 12.3 Å². The van der Waals surface area contributed by atoms with Gasteiger partial charge in [0, 0.05) is 45.5 Å². The lowest BCUT2D eigenvalue weighted by molar-refractivity contribution is 0.129. The van der Waals surface area contributed by atoms with E-state index in [1.807, 2.05) is 37.8 Å². The minimum absolute atomic E-state index is 0. The fraction of sp³-hybridized carbons (Fsp3) is 0.750. The zero-order chi connectivity index (χ0) is 12.9. The van der Waals surface area contributed by atoms with Gasteiger partial charge in [-0.3, -0.25) is 9.58 Å². The first-order chi connectivity index (χ1) is 7.92. The molecule has 0 aromatic carbocycles. The molecule has 0 unspecified atom stereocenters. The summed E-state index contributed by atoms with van der Waals surface area (Å²) in [7, 11) is 3.67. The quantitative estimate of drug-likeness (QED) is 0.808. The minimum Gasteiger partial charge on any atom is -0.383 e. The Balaban J connectivity index is 0.00000289. The van der Waals surface area contributed by atoms with Crippen molar-refractivity contribution in [2.75, 3.05) is 26.8 Å². The number of methoxy groups -OCH3 is 1. The second kappa shape index (κ2) is 7.74. The van der Waals surface area contributed by atoms with E-state index in [4.69, 9.17) is 10.5 Å². The summed E-state index contributed by atoms with van der Waals surface area (Å²) >= 11 is 0. The first kappa shape index (κ1) is 17.4. The molecule has 1 aromatic rings. The van der Waals surface area contributed by atoms with Crippen LogP contribution in [0.25, 0.3) is 0 Å². The highest BCUT2D eigenvalue weighted by molar-refractivity contribution is 5.85. The topological polar surface area (TPSA) is 56.3 Å². The summed E-state index contributed by atoms with van der Waals surface area (Å²) in [4.78, 5) is 2.29. The smallest absolute Gasteiger partial charge is 0.0589 e. The summed E-state index contributed by atoms with van der Waals surface area (Å²) in [5.41, 5.74) is 7.05. The second-order valence-electron chi connectivity index (χ2n) is 5.14. The SMILES string of the molecule is COCCN(Cc1ccnn1C)CC(C)(C)N.Cl. The number of aryl methyl sites for hydroxylation is 1. The number of hydrogen-bond acceptors (Lipinski definition) is 4. The molecule has 106 valence electrons. The molecule has 0 aliphatic rings.